The summed E-state index contributed by atoms with van der Waals surface area (Å²) in [6, 6.07) is 0. The normalized spacial score (nSPS) is 46.9. The van der Waals surface area contributed by atoms with E-state index in [1.54, 1.807) is 0 Å². The third-order valence-electron chi connectivity index (χ3n) is 2.14. The largest absolute Gasteiger partial charge is 0.390 e. The van der Waals surface area contributed by atoms with Gasteiger partial charge < -0.3 is 20.4 Å². The van der Waals surface area contributed by atoms with Crippen LogP contribution in [0.15, 0.2) is 0 Å². The number of hydrogen-bond donors (Lipinski definition) is 4. The van der Waals surface area contributed by atoms with Crippen molar-refractivity contribution in [3.05, 3.63) is 0 Å². The van der Waals surface area contributed by atoms with Gasteiger partial charge in [-0.05, 0) is 19.3 Å². The van der Waals surface area contributed by atoms with Crippen molar-refractivity contribution in [3.63, 3.8) is 0 Å². The molecule has 1 aliphatic carbocycles. The molecule has 0 amide bonds. The van der Waals surface area contributed by atoms with Crippen molar-refractivity contribution >= 4 is 0 Å². The van der Waals surface area contributed by atoms with E-state index < -0.39 is 24.4 Å². The number of aliphatic hydroxyl groups excluding tert-OH is 4. The summed E-state index contributed by atoms with van der Waals surface area (Å²) in [4.78, 5) is 0. The molecule has 11 heavy (non-hydrogen) atoms. The first-order valence-electron chi connectivity index (χ1n) is 3.85. The molecule has 4 heteroatoms. The van der Waals surface area contributed by atoms with Gasteiger partial charge in [0.1, 0.15) is 12.2 Å². The Hall–Kier alpha value is -0.160. The fraction of sp³-hybridized carbons (Fsp3) is 1.00. The van der Waals surface area contributed by atoms with Gasteiger partial charge in [0.15, 0.2) is 0 Å². The van der Waals surface area contributed by atoms with Crippen LogP contribution in [-0.2, 0) is 0 Å². The molecule has 4 nitrogen and oxygen atoms in total. The molecule has 0 unspecified atom stereocenters. The van der Waals surface area contributed by atoms with Crippen LogP contribution >= 0.6 is 0 Å². The lowest BCUT2D eigenvalue weighted by molar-refractivity contribution is -0.0947. The molecule has 4 N–H and O–H groups in total. The molecule has 1 fully saturated rings. The van der Waals surface area contributed by atoms with Crippen molar-refractivity contribution in [2.24, 2.45) is 0 Å². The molecule has 1 rings (SSSR count). The summed E-state index contributed by atoms with van der Waals surface area (Å²) in [5.41, 5.74) is 0. The third-order valence-corrected chi connectivity index (χ3v) is 2.14. The molecule has 0 aromatic rings. The second kappa shape index (κ2) is 3.49. The van der Waals surface area contributed by atoms with E-state index in [0.717, 1.165) is 0 Å². The minimum atomic E-state index is -1.20. The Kier molecular flexibility index (Phi) is 2.84. The molecule has 0 spiro atoms. The molecule has 1 aliphatic rings. The lowest BCUT2D eigenvalue weighted by Gasteiger charge is -2.21. The molecule has 0 aromatic carbocycles. The maximum Gasteiger partial charge on any atom is 0.108 e. The Bertz CT molecular complexity index is 114. The maximum atomic E-state index is 9.14. The fourth-order valence-corrected chi connectivity index (χ4v) is 1.33. The maximum absolute atomic E-state index is 9.14. The highest BCUT2D eigenvalue weighted by atomic mass is 16.4. The predicted molar refractivity (Wildman–Crippen MR) is 37.9 cm³/mol. The van der Waals surface area contributed by atoms with Gasteiger partial charge in [0, 0.05) is 0 Å². The smallest absolute Gasteiger partial charge is 0.108 e. The number of rotatable bonds is 0. The quantitative estimate of drug-likeness (QED) is 0.331. The minimum absolute atomic E-state index is 0.440. The van der Waals surface area contributed by atoms with Gasteiger partial charge in [0.2, 0.25) is 0 Å². The number of aliphatic hydroxyl groups is 4. The lowest BCUT2D eigenvalue weighted by atomic mass is 10.1. The van der Waals surface area contributed by atoms with Crippen LogP contribution in [0.3, 0.4) is 0 Å². The predicted octanol–water partition coefficient (Wildman–Crippen LogP) is -1.39. The van der Waals surface area contributed by atoms with Gasteiger partial charge in [-0.3, -0.25) is 0 Å². The first-order chi connectivity index (χ1) is 5.13. The summed E-state index contributed by atoms with van der Waals surface area (Å²) in [5, 5.41) is 36.5. The summed E-state index contributed by atoms with van der Waals surface area (Å²) in [5.74, 6) is 0. The van der Waals surface area contributed by atoms with Crippen LogP contribution in [0.1, 0.15) is 19.3 Å². The van der Waals surface area contributed by atoms with Crippen LogP contribution in [0.25, 0.3) is 0 Å². The van der Waals surface area contributed by atoms with Crippen LogP contribution in [-0.4, -0.2) is 44.8 Å². The lowest BCUT2D eigenvalue weighted by Crippen LogP contribution is -2.41. The van der Waals surface area contributed by atoms with E-state index in [9.17, 15) is 0 Å². The number of hydrogen-bond acceptors (Lipinski definition) is 4. The Morgan fingerprint density at radius 3 is 1.45 bits per heavy atom. The monoisotopic (exact) mass is 162 g/mol. The van der Waals surface area contributed by atoms with Crippen LogP contribution < -0.4 is 0 Å². The molecular weight excluding hydrogens is 148 g/mol. The molecule has 0 aromatic heterocycles. The molecular formula is C7H14O4. The molecule has 0 heterocycles. The van der Waals surface area contributed by atoms with E-state index in [4.69, 9.17) is 20.4 Å². The van der Waals surface area contributed by atoms with Crippen molar-refractivity contribution < 1.29 is 20.4 Å². The van der Waals surface area contributed by atoms with Gasteiger partial charge in [0.05, 0.1) is 12.2 Å². The van der Waals surface area contributed by atoms with Crippen molar-refractivity contribution in [1.82, 2.24) is 0 Å². The molecule has 1 saturated carbocycles. The highest BCUT2D eigenvalue weighted by Crippen LogP contribution is 2.18. The van der Waals surface area contributed by atoms with Crippen LogP contribution in [0.2, 0.25) is 0 Å². The molecule has 0 bridgehead atoms. The summed E-state index contributed by atoms with van der Waals surface area (Å²) in [6.45, 7) is 0. The molecule has 0 saturated heterocycles. The summed E-state index contributed by atoms with van der Waals surface area (Å²) < 4.78 is 0. The first kappa shape index (κ1) is 8.93. The van der Waals surface area contributed by atoms with Crippen molar-refractivity contribution in [3.8, 4) is 0 Å². The zero-order valence-corrected chi connectivity index (χ0v) is 6.22. The van der Waals surface area contributed by atoms with E-state index in [0.29, 0.717) is 19.3 Å². The fourth-order valence-electron chi connectivity index (χ4n) is 1.33. The first-order valence-corrected chi connectivity index (χ1v) is 3.85. The Labute approximate surface area is 65.1 Å². The van der Waals surface area contributed by atoms with Crippen LogP contribution in [0.4, 0.5) is 0 Å². The Morgan fingerprint density at radius 1 is 0.727 bits per heavy atom. The molecule has 4 atom stereocenters. The average Bonchev–Trinajstić information content (AvgIpc) is 2.07. The third kappa shape index (κ3) is 1.90. The van der Waals surface area contributed by atoms with E-state index in [1.165, 1.54) is 0 Å². The topological polar surface area (TPSA) is 80.9 Å². The summed E-state index contributed by atoms with van der Waals surface area (Å²) >= 11 is 0. The van der Waals surface area contributed by atoms with Gasteiger partial charge in [-0.2, -0.15) is 0 Å². The van der Waals surface area contributed by atoms with Crippen LogP contribution in [0.5, 0.6) is 0 Å². The second-order valence-corrected chi connectivity index (χ2v) is 3.05. The zero-order valence-electron chi connectivity index (χ0n) is 6.22. The van der Waals surface area contributed by atoms with Gasteiger partial charge in [-0.15, -0.1) is 0 Å². The Morgan fingerprint density at radius 2 is 1.09 bits per heavy atom. The van der Waals surface area contributed by atoms with Crippen molar-refractivity contribution in [1.29, 1.82) is 0 Å². The molecule has 66 valence electrons. The van der Waals surface area contributed by atoms with E-state index >= 15 is 0 Å². The van der Waals surface area contributed by atoms with Gasteiger partial charge >= 0.3 is 0 Å². The highest BCUT2D eigenvalue weighted by molar-refractivity contribution is 4.84. The van der Waals surface area contributed by atoms with Gasteiger partial charge in [0.25, 0.3) is 0 Å². The van der Waals surface area contributed by atoms with Crippen molar-refractivity contribution in [2.45, 2.75) is 43.7 Å². The SMILES string of the molecule is O[C@@H]1[C@H](O)[C@@H](O)CCC[C@H]1O. The van der Waals surface area contributed by atoms with Crippen molar-refractivity contribution in [2.75, 3.05) is 0 Å². The van der Waals surface area contributed by atoms with E-state index in [1.807, 2.05) is 0 Å². The molecule has 0 radical (unpaired) electrons. The Balaban J connectivity index is 2.58. The van der Waals surface area contributed by atoms with E-state index in [2.05, 4.69) is 0 Å². The zero-order chi connectivity index (χ0) is 8.43. The second-order valence-electron chi connectivity index (χ2n) is 3.05. The standard InChI is InChI=1S/C7H14O4/c8-4-2-1-3-5(9)7(11)6(4)10/h4-11H,1-3H2/t4-,5+,6+,7-. The van der Waals surface area contributed by atoms with Crippen LogP contribution in [0, 0.1) is 0 Å². The van der Waals surface area contributed by atoms with E-state index in [-0.39, 0.29) is 0 Å². The average molecular weight is 162 g/mol. The molecule has 0 aliphatic heterocycles. The highest BCUT2D eigenvalue weighted by Gasteiger charge is 2.32. The van der Waals surface area contributed by atoms with Gasteiger partial charge in [-0.25, -0.2) is 0 Å². The minimum Gasteiger partial charge on any atom is -0.390 e. The summed E-state index contributed by atoms with van der Waals surface area (Å²) in [6.07, 6.45) is -2.69. The van der Waals surface area contributed by atoms with Gasteiger partial charge in [-0.1, -0.05) is 0 Å². The summed E-state index contributed by atoms with van der Waals surface area (Å²) in [7, 11) is 0.